The fraction of sp³-hybridized carbons (Fsp3) is 0.125. The van der Waals surface area contributed by atoms with Crippen molar-refractivity contribution >= 4 is 27.7 Å². The number of fused-ring (bicyclic) bond motifs is 1. The van der Waals surface area contributed by atoms with Crippen LogP contribution in [0.1, 0.15) is 5.56 Å². The second-order valence-electron chi connectivity index (χ2n) is 2.52. The van der Waals surface area contributed by atoms with Crippen molar-refractivity contribution in [2.24, 2.45) is 0 Å². The molecule has 60 valence electrons. The second kappa shape index (κ2) is 2.79. The van der Waals surface area contributed by atoms with E-state index in [-0.39, 0.29) is 0 Å². The van der Waals surface area contributed by atoms with Crippen LogP contribution in [0.25, 0.3) is 6.08 Å². The lowest BCUT2D eigenvalue weighted by molar-refractivity contribution is -0.452. The van der Waals surface area contributed by atoms with Crippen molar-refractivity contribution in [1.29, 1.82) is 0 Å². The summed E-state index contributed by atoms with van der Waals surface area (Å²) < 4.78 is 1.78. The van der Waals surface area contributed by atoms with Gasteiger partial charge >= 0.3 is 0 Å². The number of nitrogens with zero attached hydrogens (tertiary/aromatic N) is 2. The van der Waals surface area contributed by atoms with Crippen LogP contribution >= 0.6 is 15.9 Å². The zero-order valence-corrected chi connectivity index (χ0v) is 7.78. The van der Waals surface area contributed by atoms with Gasteiger partial charge < -0.3 is 0 Å². The molecule has 0 aromatic carbocycles. The van der Waals surface area contributed by atoms with Gasteiger partial charge in [-0.15, -0.1) is 0 Å². The number of hydrogen-bond acceptors (Lipinski definition) is 2. The monoisotopic (exact) mass is 225 g/mol. The third kappa shape index (κ3) is 1.08. The number of pyridine rings is 1. The van der Waals surface area contributed by atoms with Gasteiger partial charge in [0.25, 0.3) is 5.69 Å². The molecule has 0 N–H and O–H groups in total. The Kier molecular flexibility index (Phi) is 1.77. The van der Waals surface area contributed by atoms with Crippen molar-refractivity contribution in [3.8, 4) is 0 Å². The number of nitroso groups, excluding NO2 is 1. The van der Waals surface area contributed by atoms with Crippen molar-refractivity contribution in [1.82, 2.24) is 4.98 Å². The van der Waals surface area contributed by atoms with E-state index in [9.17, 15) is 4.91 Å². The summed E-state index contributed by atoms with van der Waals surface area (Å²) in [5.41, 5.74) is 1.54. The predicted octanol–water partition coefficient (Wildman–Crippen LogP) is 2.28. The van der Waals surface area contributed by atoms with Crippen LogP contribution < -0.4 is 0 Å². The second-order valence-corrected chi connectivity index (χ2v) is 3.37. The van der Waals surface area contributed by atoms with Crippen molar-refractivity contribution in [2.45, 2.75) is 0 Å². The van der Waals surface area contributed by atoms with E-state index in [4.69, 9.17) is 0 Å². The highest BCUT2D eigenvalue weighted by atomic mass is 79.9. The smallest absolute Gasteiger partial charge is 0.256 e. The summed E-state index contributed by atoms with van der Waals surface area (Å²) in [6.07, 6.45) is 7.02. The third-order valence-electron chi connectivity index (χ3n) is 1.74. The topological polar surface area (TPSA) is 33.0 Å². The number of halogens is 1. The largest absolute Gasteiger partial charge is 0.282 e. The minimum Gasteiger partial charge on any atom is -0.256 e. The minimum absolute atomic E-state index is 0.408. The maximum atomic E-state index is 11.2. The first kappa shape index (κ1) is 7.61. The molecule has 0 saturated carbocycles. The van der Waals surface area contributed by atoms with E-state index >= 15 is 0 Å². The number of hydrogen-bond donors (Lipinski definition) is 0. The molecule has 0 spiro atoms. The summed E-state index contributed by atoms with van der Waals surface area (Å²) in [6.45, 7) is 0.408. The molecule has 0 fully saturated rings. The molecule has 1 aromatic rings. The van der Waals surface area contributed by atoms with Gasteiger partial charge in [-0.25, -0.2) is 0 Å². The fourth-order valence-electron chi connectivity index (χ4n) is 1.16. The number of aromatic nitrogens is 1. The van der Waals surface area contributed by atoms with E-state index in [2.05, 4.69) is 20.9 Å². The summed E-state index contributed by atoms with van der Waals surface area (Å²) in [6, 6.07) is 0. The lowest BCUT2D eigenvalue weighted by Gasteiger charge is -2.02. The van der Waals surface area contributed by atoms with Crippen LogP contribution in [0.15, 0.2) is 22.9 Å². The van der Waals surface area contributed by atoms with Gasteiger partial charge in [-0.3, -0.25) is 4.98 Å². The molecule has 0 bridgehead atoms. The molecule has 1 aromatic heterocycles. The van der Waals surface area contributed by atoms with Crippen LogP contribution in [0.5, 0.6) is 0 Å². The molecule has 0 atom stereocenters. The van der Waals surface area contributed by atoms with Crippen LogP contribution in [0.3, 0.4) is 0 Å². The van der Waals surface area contributed by atoms with Crippen molar-refractivity contribution in [3.05, 3.63) is 33.4 Å². The van der Waals surface area contributed by atoms with Crippen molar-refractivity contribution in [3.63, 3.8) is 0 Å². The number of rotatable bonds is 0. The summed E-state index contributed by atoms with van der Waals surface area (Å²) >= 11 is 3.33. The minimum atomic E-state index is 0.408. The van der Waals surface area contributed by atoms with Gasteiger partial charge in [0.1, 0.15) is 6.20 Å². The Hall–Kier alpha value is -1.03. The summed E-state index contributed by atoms with van der Waals surface area (Å²) in [5, 5.41) is 0. The highest BCUT2D eigenvalue weighted by Gasteiger charge is 2.22. The maximum Gasteiger partial charge on any atom is 0.282 e. The van der Waals surface area contributed by atoms with Gasteiger partial charge in [0.05, 0.1) is 5.56 Å². The molecule has 1 aliphatic heterocycles. The Balaban J connectivity index is 2.69. The standard InChI is InChI=1S/C8H6BrN2O/c9-7-4-10-5-8-6(7)2-1-3-11(8)12/h1-2,4-5H,3H2/q+1. The highest BCUT2D eigenvalue weighted by molar-refractivity contribution is 9.10. The van der Waals surface area contributed by atoms with Crippen LogP contribution in [-0.4, -0.2) is 16.3 Å². The molecule has 0 aliphatic carbocycles. The summed E-state index contributed by atoms with van der Waals surface area (Å²) in [7, 11) is 0. The third-order valence-corrected chi connectivity index (χ3v) is 2.37. The van der Waals surface area contributed by atoms with Gasteiger partial charge in [0, 0.05) is 20.3 Å². The van der Waals surface area contributed by atoms with E-state index < -0.39 is 0 Å². The SMILES string of the molecule is O=[N+]1CC=Cc2c(Br)cncc21. The quantitative estimate of drug-likeness (QED) is 0.635. The van der Waals surface area contributed by atoms with E-state index in [0.717, 1.165) is 14.8 Å². The first-order valence-electron chi connectivity index (χ1n) is 3.54. The van der Waals surface area contributed by atoms with Gasteiger partial charge in [-0.05, 0) is 28.1 Å². The molecule has 0 unspecified atom stereocenters. The molecule has 0 saturated heterocycles. The predicted molar refractivity (Wildman–Crippen MR) is 49.1 cm³/mol. The average Bonchev–Trinajstić information content (AvgIpc) is 2.07. The van der Waals surface area contributed by atoms with E-state index in [1.807, 2.05) is 12.2 Å². The summed E-state index contributed by atoms with van der Waals surface area (Å²) in [5.74, 6) is 0. The fourth-order valence-corrected chi connectivity index (χ4v) is 1.62. The zero-order chi connectivity index (χ0) is 8.55. The van der Waals surface area contributed by atoms with Crippen molar-refractivity contribution in [2.75, 3.05) is 6.54 Å². The Labute approximate surface area is 77.8 Å². The van der Waals surface area contributed by atoms with E-state index in [1.54, 1.807) is 12.4 Å². The lowest BCUT2D eigenvalue weighted by atomic mass is 10.1. The van der Waals surface area contributed by atoms with Gasteiger partial charge in [0.2, 0.25) is 6.54 Å². The first-order valence-corrected chi connectivity index (χ1v) is 4.33. The Morgan fingerprint density at radius 2 is 2.33 bits per heavy atom. The van der Waals surface area contributed by atoms with E-state index in [1.165, 1.54) is 0 Å². The Morgan fingerprint density at radius 1 is 1.50 bits per heavy atom. The molecule has 2 heterocycles. The van der Waals surface area contributed by atoms with Crippen LogP contribution in [0.4, 0.5) is 5.69 Å². The highest BCUT2D eigenvalue weighted by Crippen LogP contribution is 2.28. The first-order chi connectivity index (χ1) is 5.79. The maximum absolute atomic E-state index is 11.2. The molecular formula is C8H6BrN2O+. The van der Waals surface area contributed by atoms with E-state index in [0.29, 0.717) is 12.2 Å². The Morgan fingerprint density at radius 3 is 3.08 bits per heavy atom. The molecule has 4 heteroatoms. The van der Waals surface area contributed by atoms with Crippen LogP contribution in [0, 0.1) is 4.91 Å². The molecule has 12 heavy (non-hydrogen) atoms. The normalized spacial score (nSPS) is 14.6. The molecular weight excluding hydrogens is 220 g/mol. The Bertz CT molecular complexity index is 373. The van der Waals surface area contributed by atoms with Gasteiger partial charge in [-0.1, -0.05) is 0 Å². The summed E-state index contributed by atoms with van der Waals surface area (Å²) in [4.78, 5) is 15.2. The zero-order valence-electron chi connectivity index (χ0n) is 6.20. The van der Waals surface area contributed by atoms with Gasteiger partial charge in [0.15, 0.2) is 0 Å². The molecule has 2 rings (SSSR count). The molecule has 1 aliphatic rings. The molecule has 3 nitrogen and oxygen atoms in total. The molecule has 0 amide bonds. The lowest BCUT2D eigenvalue weighted by Crippen LogP contribution is -2.06. The molecule has 0 radical (unpaired) electrons. The van der Waals surface area contributed by atoms with Crippen molar-refractivity contribution < 1.29 is 4.76 Å². The average molecular weight is 226 g/mol. The van der Waals surface area contributed by atoms with Gasteiger partial charge in [-0.2, -0.15) is 0 Å². The van der Waals surface area contributed by atoms with Crippen LogP contribution in [0.2, 0.25) is 0 Å². The van der Waals surface area contributed by atoms with Crippen LogP contribution in [-0.2, 0) is 0 Å².